The number of amides is 2. The number of benzene rings is 2. The highest BCUT2D eigenvalue weighted by Gasteiger charge is 2.56. The summed E-state index contributed by atoms with van der Waals surface area (Å²) >= 11 is 5.88. The number of halogens is 1. The van der Waals surface area contributed by atoms with E-state index in [0.717, 1.165) is 24.3 Å². The van der Waals surface area contributed by atoms with Crippen LogP contribution in [0.15, 0.2) is 48.5 Å². The van der Waals surface area contributed by atoms with Crippen molar-refractivity contribution in [3.63, 3.8) is 0 Å². The maximum Gasteiger partial charge on any atom is 0.240 e. The van der Waals surface area contributed by atoms with E-state index in [-0.39, 0.29) is 11.8 Å². The van der Waals surface area contributed by atoms with Crippen molar-refractivity contribution in [1.82, 2.24) is 5.32 Å². The number of hydrogen-bond donors (Lipinski definition) is 2. The van der Waals surface area contributed by atoms with Crippen molar-refractivity contribution in [3.8, 4) is 0 Å². The van der Waals surface area contributed by atoms with Crippen molar-refractivity contribution in [2.75, 3.05) is 23.3 Å². The van der Waals surface area contributed by atoms with Gasteiger partial charge in [0.15, 0.2) is 0 Å². The molecule has 2 amide bonds. The van der Waals surface area contributed by atoms with Crippen LogP contribution in [0.25, 0.3) is 0 Å². The quantitative estimate of drug-likeness (QED) is 0.653. The molecule has 1 saturated carbocycles. The van der Waals surface area contributed by atoms with Crippen LogP contribution >= 0.6 is 11.6 Å². The van der Waals surface area contributed by atoms with E-state index >= 15 is 0 Å². The molecule has 0 aromatic heterocycles. The molecule has 0 spiro atoms. The molecule has 148 valence electrons. The summed E-state index contributed by atoms with van der Waals surface area (Å²) in [6, 6.07) is 15.0. The first kappa shape index (κ1) is 20.2. The van der Waals surface area contributed by atoms with Gasteiger partial charge in [0, 0.05) is 36.0 Å². The Bertz CT molecular complexity index is 826. The van der Waals surface area contributed by atoms with Crippen LogP contribution < -0.4 is 15.5 Å². The lowest BCUT2D eigenvalue weighted by molar-refractivity contribution is -0.134. The van der Waals surface area contributed by atoms with Crippen LogP contribution in [-0.4, -0.2) is 24.9 Å². The summed E-state index contributed by atoms with van der Waals surface area (Å²) in [7, 11) is 0. The summed E-state index contributed by atoms with van der Waals surface area (Å²) in [5.74, 6) is -0.462. The van der Waals surface area contributed by atoms with Gasteiger partial charge in [-0.15, -0.1) is 0 Å². The van der Waals surface area contributed by atoms with Gasteiger partial charge in [0.05, 0.1) is 0 Å². The Balaban J connectivity index is 1.58. The SMILES string of the molecule is CCN(CC)c1ccc(NC(=O)C2(C(=O)NCc3ccc(Cl)cc3)CC2)cc1. The van der Waals surface area contributed by atoms with Crippen molar-refractivity contribution in [2.45, 2.75) is 33.2 Å². The van der Waals surface area contributed by atoms with E-state index in [0.29, 0.717) is 30.1 Å². The first-order chi connectivity index (χ1) is 13.5. The standard InChI is InChI=1S/C22H26ClN3O2/c1-3-26(4-2)19-11-9-18(10-12-19)25-21(28)22(13-14-22)20(27)24-15-16-5-7-17(23)8-6-16/h5-12H,3-4,13-15H2,1-2H3,(H,24,27)(H,25,28). The Kier molecular flexibility index (Phi) is 6.25. The third-order valence-corrected chi connectivity index (χ3v) is 5.49. The topological polar surface area (TPSA) is 61.4 Å². The van der Waals surface area contributed by atoms with Crippen molar-refractivity contribution < 1.29 is 9.59 Å². The van der Waals surface area contributed by atoms with E-state index in [9.17, 15) is 9.59 Å². The molecule has 1 aliphatic rings. The van der Waals surface area contributed by atoms with E-state index in [4.69, 9.17) is 11.6 Å². The zero-order valence-electron chi connectivity index (χ0n) is 16.3. The number of rotatable bonds is 8. The number of nitrogens with one attached hydrogen (secondary N) is 2. The lowest BCUT2D eigenvalue weighted by atomic mass is 10.0. The number of carbonyl (C=O) groups excluding carboxylic acids is 2. The Morgan fingerprint density at radius 1 is 0.964 bits per heavy atom. The van der Waals surface area contributed by atoms with Crippen LogP contribution in [0.2, 0.25) is 5.02 Å². The largest absolute Gasteiger partial charge is 0.372 e. The second-order valence-corrected chi connectivity index (χ2v) is 7.50. The van der Waals surface area contributed by atoms with Gasteiger partial charge in [-0.25, -0.2) is 0 Å². The molecule has 2 N–H and O–H groups in total. The average molecular weight is 400 g/mol. The van der Waals surface area contributed by atoms with E-state index in [2.05, 4.69) is 29.4 Å². The van der Waals surface area contributed by atoms with Gasteiger partial charge in [0.25, 0.3) is 0 Å². The summed E-state index contributed by atoms with van der Waals surface area (Å²) in [6.45, 7) is 6.46. The molecule has 0 unspecified atom stereocenters. The Labute approximate surface area is 171 Å². The first-order valence-corrected chi connectivity index (χ1v) is 10.1. The molecule has 6 heteroatoms. The fourth-order valence-corrected chi connectivity index (χ4v) is 3.36. The van der Waals surface area contributed by atoms with Gasteiger partial charge >= 0.3 is 0 Å². The van der Waals surface area contributed by atoms with Crippen LogP contribution in [-0.2, 0) is 16.1 Å². The summed E-state index contributed by atoms with van der Waals surface area (Å²) in [5, 5.41) is 6.43. The van der Waals surface area contributed by atoms with E-state index in [1.54, 1.807) is 12.1 Å². The third-order valence-electron chi connectivity index (χ3n) is 5.24. The highest BCUT2D eigenvalue weighted by molar-refractivity contribution is 6.30. The predicted molar refractivity (Wildman–Crippen MR) is 114 cm³/mol. The van der Waals surface area contributed by atoms with E-state index in [1.807, 2.05) is 36.4 Å². The lowest BCUT2D eigenvalue weighted by Crippen LogP contribution is -2.39. The van der Waals surface area contributed by atoms with Crippen molar-refractivity contribution in [1.29, 1.82) is 0 Å². The van der Waals surface area contributed by atoms with Gasteiger partial charge in [-0.3, -0.25) is 9.59 Å². The maximum atomic E-state index is 12.7. The van der Waals surface area contributed by atoms with Crippen LogP contribution in [0.4, 0.5) is 11.4 Å². The molecule has 0 aliphatic heterocycles. The Hall–Kier alpha value is -2.53. The minimum absolute atomic E-state index is 0.222. The molecule has 0 heterocycles. The maximum absolute atomic E-state index is 12.7. The van der Waals surface area contributed by atoms with E-state index in [1.165, 1.54) is 0 Å². The minimum atomic E-state index is -0.954. The van der Waals surface area contributed by atoms with Gasteiger partial charge in [0.2, 0.25) is 11.8 Å². The zero-order valence-corrected chi connectivity index (χ0v) is 17.1. The molecule has 0 radical (unpaired) electrons. The summed E-state index contributed by atoms with van der Waals surface area (Å²) < 4.78 is 0. The second kappa shape index (κ2) is 8.65. The van der Waals surface area contributed by atoms with Crippen molar-refractivity contribution in [3.05, 3.63) is 59.1 Å². The molecule has 2 aromatic carbocycles. The number of nitrogens with zero attached hydrogens (tertiary/aromatic N) is 1. The van der Waals surface area contributed by atoms with Crippen molar-refractivity contribution >= 4 is 34.8 Å². The molecule has 0 bridgehead atoms. The lowest BCUT2D eigenvalue weighted by Gasteiger charge is -2.21. The zero-order chi connectivity index (χ0) is 20.1. The minimum Gasteiger partial charge on any atom is -0.372 e. The molecule has 1 aliphatic carbocycles. The van der Waals surface area contributed by atoms with E-state index < -0.39 is 5.41 Å². The Morgan fingerprint density at radius 3 is 2.11 bits per heavy atom. The number of anilines is 2. The molecule has 1 fully saturated rings. The molecule has 2 aromatic rings. The molecule has 0 saturated heterocycles. The first-order valence-electron chi connectivity index (χ1n) is 9.67. The Morgan fingerprint density at radius 2 is 1.57 bits per heavy atom. The smallest absolute Gasteiger partial charge is 0.240 e. The van der Waals surface area contributed by atoms with Crippen LogP contribution in [0.3, 0.4) is 0 Å². The second-order valence-electron chi connectivity index (χ2n) is 7.06. The highest BCUT2D eigenvalue weighted by Crippen LogP contribution is 2.47. The van der Waals surface area contributed by atoms with Crippen molar-refractivity contribution in [2.24, 2.45) is 5.41 Å². The number of hydrogen-bond acceptors (Lipinski definition) is 3. The molecule has 0 atom stereocenters. The third kappa shape index (κ3) is 4.47. The average Bonchev–Trinajstić information content (AvgIpc) is 3.52. The van der Waals surface area contributed by atoms with Crippen LogP contribution in [0.1, 0.15) is 32.3 Å². The van der Waals surface area contributed by atoms with Gasteiger partial charge in [0.1, 0.15) is 5.41 Å². The fraction of sp³-hybridized carbons (Fsp3) is 0.364. The molecular formula is C22H26ClN3O2. The summed E-state index contributed by atoms with van der Waals surface area (Å²) in [6.07, 6.45) is 1.14. The van der Waals surface area contributed by atoms with Gasteiger partial charge in [-0.1, -0.05) is 23.7 Å². The summed E-state index contributed by atoms with van der Waals surface area (Å²) in [5.41, 5.74) is 1.81. The fourth-order valence-electron chi connectivity index (χ4n) is 3.23. The summed E-state index contributed by atoms with van der Waals surface area (Å²) in [4.78, 5) is 27.6. The molecular weight excluding hydrogens is 374 g/mol. The molecule has 3 rings (SSSR count). The van der Waals surface area contributed by atoms with Crippen LogP contribution in [0.5, 0.6) is 0 Å². The van der Waals surface area contributed by atoms with Gasteiger partial charge in [-0.05, 0) is 68.7 Å². The molecule has 28 heavy (non-hydrogen) atoms. The van der Waals surface area contributed by atoms with Gasteiger partial charge in [-0.2, -0.15) is 0 Å². The number of carbonyl (C=O) groups is 2. The predicted octanol–water partition coefficient (Wildman–Crippen LogP) is 4.22. The monoisotopic (exact) mass is 399 g/mol. The molecule has 5 nitrogen and oxygen atoms in total. The van der Waals surface area contributed by atoms with Crippen LogP contribution in [0, 0.1) is 5.41 Å². The van der Waals surface area contributed by atoms with Gasteiger partial charge < -0.3 is 15.5 Å². The normalized spacial score (nSPS) is 14.2. The highest BCUT2D eigenvalue weighted by atomic mass is 35.5.